The molecule has 14 rings (SSSR count). The third kappa shape index (κ3) is 9.40. The summed E-state index contributed by atoms with van der Waals surface area (Å²) in [6.45, 7) is 7.99. The lowest BCUT2D eigenvalue weighted by atomic mass is 9.85. The second-order valence-electron chi connectivity index (χ2n) is 20.6. The zero-order chi connectivity index (χ0) is 59.2. The van der Waals surface area contributed by atoms with E-state index >= 15 is 0 Å². The first kappa shape index (κ1) is 55.5. The molecule has 14 aromatic rings. The Morgan fingerprint density at radius 1 is 0.353 bits per heavy atom. The molecule has 0 saturated heterocycles. The first-order valence-corrected chi connectivity index (χ1v) is 28.8. The van der Waals surface area contributed by atoms with E-state index in [0.29, 0.717) is 76.4 Å². The summed E-state index contributed by atoms with van der Waals surface area (Å²) in [7, 11) is 0. The number of aryl methyl sites for hydroxylation is 2. The molecule has 0 heterocycles. The van der Waals surface area contributed by atoms with Crippen LogP contribution in [0.4, 0.5) is 21.0 Å². The first-order chi connectivity index (χ1) is 41.4. The van der Waals surface area contributed by atoms with E-state index in [0.717, 1.165) is 76.8 Å². The molecule has 14 aromatic carbocycles. The molecule has 0 atom stereocenters. The lowest BCUT2D eigenvalue weighted by Gasteiger charge is -2.18. The van der Waals surface area contributed by atoms with Gasteiger partial charge in [0.15, 0.2) is 21.7 Å². The maximum Gasteiger partial charge on any atom is 0.411 e. The van der Waals surface area contributed by atoms with E-state index in [9.17, 15) is 28.8 Å². The van der Waals surface area contributed by atoms with Crippen LogP contribution in [0.2, 0.25) is 0 Å². The number of rotatable bonds is 8. The van der Waals surface area contributed by atoms with Crippen molar-refractivity contribution < 1.29 is 19.1 Å². The van der Waals surface area contributed by atoms with Gasteiger partial charge in [-0.05, 0) is 72.5 Å². The monoisotopic (exact) mass is 1150 g/mol. The summed E-state index contributed by atoms with van der Waals surface area (Å²) in [5.41, 5.74) is 8.77. The molecule has 0 aromatic heterocycles. The van der Waals surface area contributed by atoms with Crippen LogP contribution in [0.1, 0.15) is 25.0 Å². The predicted octanol–water partition coefficient (Wildman–Crippen LogP) is 17.6. The van der Waals surface area contributed by atoms with Gasteiger partial charge in [0, 0.05) is 98.0 Å². The quantitative estimate of drug-likeness (QED) is 0.143. The summed E-state index contributed by atoms with van der Waals surface area (Å²) in [4.78, 5) is 82.2. The fourth-order valence-corrected chi connectivity index (χ4v) is 12.5. The number of nitrogens with one attached hydrogen (secondary N) is 2. The van der Waals surface area contributed by atoms with E-state index in [2.05, 4.69) is 22.8 Å². The van der Waals surface area contributed by atoms with Crippen LogP contribution in [-0.4, -0.2) is 30.7 Å². The molecular weight excluding hydrogens is 1100 g/mol. The molecule has 2 amide bonds. The molecule has 0 fully saturated rings. The van der Waals surface area contributed by atoms with E-state index in [1.807, 2.05) is 196 Å². The summed E-state index contributed by atoms with van der Waals surface area (Å²) in [6, 6.07) is 61.2. The smallest absolute Gasteiger partial charge is 0.411 e. The maximum atomic E-state index is 14.3. The minimum absolute atomic E-state index is 0.107. The van der Waals surface area contributed by atoms with Gasteiger partial charge in [-0.2, -0.15) is 0 Å². The summed E-state index contributed by atoms with van der Waals surface area (Å²) >= 11 is 9.53. The van der Waals surface area contributed by atoms with Crippen molar-refractivity contribution >= 4 is 133 Å². The van der Waals surface area contributed by atoms with Gasteiger partial charge in [0.25, 0.3) is 0 Å². The van der Waals surface area contributed by atoms with Crippen molar-refractivity contribution in [3.05, 3.63) is 246 Å². The Morgan fingerprint density at radius 3 is 0.976 bits per heavy atom. The topological polar surface area (TPSA) is 145 Å². The third-order valence-corrected chi connectivity index (χ3v) is 15.7. The van der Waals surface area contributed by atoms with Crippen molar-refractivity contribution in [1.29, 1.82) is 0 Å². The Morgan fingerprint density at radius 2 is 0.647 bits per heavy atom. The highest BCUT2D eigenvalue weighted by Crippen LogP contribution is 2.51. The van der Waals surface area contributed by atoms with Crippen LogP contribution in [0.3, 0.4) is 0 Å². The van der Waals surface area contributed by atoms with Crippen LogP contribution in [0.5, 0.6) is 0 Å². The number of carbonyl (C=O) groups excluding carboxylic acids is 2. The minimum Gasteiger partial charge on any atom is -0.450 e. The Labute approximate surface area is 496 Å². The SMILES string of the molecule is CCOC(=O)Nc1ccccc1-c1c(-c2cccc(C)c2)c2c(=O)c3ccccc3c2c2c(=O)c3ccccc3c12.CCOC(=O)Nc1ccccc1-c1c(-c2cccc(C)c2)c2c(=O)c3ccccc3c2c2c(=O)c3ccccc3c12.ClCCl. The van der Waals surface area contributed by atoms with E-state index in [-0.39, 0.29) is 40.3 Å². The van der Waals surface area contributed by atoms with E-state index in [4.69, 9.17) is 32.7 Å². The molecule has 0 bridgehead atoms. The Hall–Kier alpha value is -10.0. The Balaban J connectivity index is 0.000000160. The lowest BCUT2D eigenvalue weighted by Crippen LogP contribution is -2.14. The maximum absolute atomic E-state index is 14.3. The molecule has 0 spiro atoms. The summed E-state index contributed by atoms with van der Waals surface area (Å²) in [5, 5.41) is 16.4. The van der Waals surface area contributed by atoms with Crippen LogP contribution in [-0.2, 0) is 9.47 Å². The van der Waals surface area contributed by atoms with Gasteiger partial charge in [-0.15, -0.1) is 23.2 Å². The molecule has 0 aliphatic rings. The molecule has 12 heteroatoms. The van der Waals surface area contributed by atoms with Crippen molar-refractivity contribution in [2.75, 3.05) is 29.2 Å². The van der Waals surface area contributed by atoms with Crippen molar-refractivity contribution in [2.45, 2.75) is 27.7 Å². The first-order valence-electron chi connectivity index (χ1n) is 27.8. The summed E-state index contributed by atoms with van der Waals surface area (Å²) < 4.78 is 10.4. The largest absolute Gasteiger partial charge is 0.450 e. The zero-order valence-corrected chi connectivity index (χ0v) is 48.1. The Bertz CT molecular complexity index is 4900. The van der Waals surface area contributed by atoms with Gasteiger partial charge in [-0.25, -0.2) is 9.59 Å². The molecule has 85 heavy (non-hydrogen) atoms. The molecule has 0 unspecified atom stereocenters. The van der Waals surface area contributed by atoms with Gasteiger partial charge in [0.2, 0.25) is 0 Å². The van der Waals surface area contributed by atoms with Crippen LogP contribution < -0.4 is 32.3 Å². The van der Waals surface area contributed by atoms with Gasteiger partial charge in [0.1, 0.15) is 0 Å². The summed E-state index contributed by atoms with van der Waals surface area (Å²) in [6.07, 6.45) is -1.15. The number of ether oxygens (including phenoxy) is 2. The van der Waals surface area contributed by atoms with Gasteiger partial charge >= 0.3 is 12.2 Å². The Kier molecular flexibility index (Phi) is 15.0. The number of carbonyl (C=O) groups is 2. The molecular formula is C73H52Cl2N2O8. The number of hydrogen-bond donors (Lipinski definition) is 2. The van der Waals surface area contributed by atoms with Gasteiger partial charge in [0.05, 0.1) is 29.9 Å². The van der Waals surface area contributed by atoms with Crippen LogP contribution in [0.15, 0.2) is 213 Å². The highest BCUT2D eigenvalue weighted by atomic mass is 35.5. The number of anilines is 2. The molecule has 416 valence electrons. The number of benzene rings is 10. The number of halogens is 2. The molecule has 0 aliphatic heterocycles. The lowest BCUT2D eigenvalue weighted by molar-refractivity contribution is 0.167. The molecule has 0 saturated carbocycles. The third-order valence-electron chi connectivity index (χ3n) is 15.7. The van der Waals surface area contributed by atoms with Crippen LogP contribution in [0, 0.1) is 13.8 Å². The van der Waals surface area contributed by atoms with E-state index < -0.39 is 12.2 Å². The van der Waals surface area contributed by atoms with Crippen molar-refractivity contribution in [2.24, 2.45) is 0 Å². The zero-order valence-electron chi connectivity index (χ0n) is 46.6. The van der Waals surface area contributed by atoms with Gasteiger partial charge in [-0.1, -0.05) is 193 Å². The van der Waals surface area contributed by atoms with Gasteiger partial charge < -0.3 is 9.47 Å². The van der Waals surface area contributed by atoms with Crippen molar-refractivity contribution in [3.8, 4) is 44.5 Å². The van der Waals surface area contributed by atoms with Crippen LogP contribution >= 0.6 is 23.2 Å². The second kappa shape index (κ2) is 23.0. The van der Waals surface area contributed by atoms with Crippen molar-refractivity contribution in [3.63, 3.8) is 0 Å². The van der Waals surface area contributed by atoms with E-state index in [1.165, 1.54) is 0 Å². The van der Waals surface area contributed by atoms with Crippen LogP contribution in [0.25, 0.3) is 131 Å². The summed E-state index contributed by atoms with van der Waals surface area (Å²) in [5.74, 6) is 0. The average Bonchev–Trinajstić information content (AvgIpc) is 1.58. The number of amides is 2. The second-order valence-corrected chi connectivity index (χ2v) is 21.4. The minimum atomic E-state index is -0.574. The predicted molar refractivity (Wildman–Crippen MR) is 352 cm³/mol. The number of para-hydroxylation sites is 2. The van der Waals surface area contributed by atoms with E-state index in [1.54, 1.807) is 13.8 Å². The molecule has 10 nitrogen and oxygen atoms in total. The fourth-order valence-electron chi connectivity index (χ4n) is 12.5. The number of fused-ring (bicyclic) bond motifs is 14. The average molecular weight is 1160 g/mol. The fraction of sp³-hybridized carbons (Fsp3) is 0.0959. The van der Waals surface area contributed by atoms with Gasteiger partial charge in [-0.3, -0.25) is 29.8 Å². The number of alkyl halides is 2. The number of hydrogen-bond acceptors (Lipinski definition) is 8. The standard InChI is InChI=1S/2C36H25NO4.CH2Cl2/c2*1-3-41-36(40)37-27-18-9-8-17-26(27)31-28(21-12-10-11-20(2)19-21)32-30(23-14-5-7-16-25(23)34(32)38)33-29(31)22-13-4-6-15-24(22)35(33)39;2-1-3/h2*4-19H,3H2,1-2H3,(H,37,40);1H2. The molecule has 0 radical (unpaired) electrons. The highest BCUT2D eigenvalue weighted by molar-refractivity contribution is 6.41. The molecule has 2 N–H and O–H groups in total. The highest BCUT2D eigenvalue weighted by Gasteiger charge is 2.31. The molecule has 0 aliphatic carbocycles. The van der Waals surface area contributed by atoms with Crippen molar-refractivity contribution in [1.82, 2.24) is 0 Å². The normalized spacial score (nSPS) is 11.4.